The number of hydrogen-bond acceptors (Lipinski definition) is 6. The van der Waals surface area contributed by atoms with Crippen LogP contribution in [-0.4, -0.2) is 20.3 Å². The SMILES string of the molecule is Cc1cccc2nc(COC(=O)c3ccc(Br)c([N+](=O)[O-])c3)cc(=O)n12. The number of benzene rings is 1. The molecule has 2 aromatic heterocycles. The van der Waals surface area contributed by atoms with Crippen LogP contribution in [0.5, 0.6) is 0 Å². The summed E-state index contributed by atoms with van der Waals surface area (Å²) < 4.78 is 6.85. The quantitative estimate of drug-likeness (QED) is 0.367. The number of aryl methyl sites for hydroxylation is 1. The van der Waals surface area contributed by atoms with E-state index in [1.807, 2.05) is 0 Å². The van der Waals surface area contributed by atoms with E-state index in [9.17, 15) is 19.7 Å². The molecule has 9 heteroatoms. The fourth-order valence-corrected chi connectivity index (χ4v) is 2.83. The van der Waals surface area contributed by atoms with Gasteiger partial charge >= 0.3 is 5.97 Å². The number of nitro groups is 1. The minimum atomic E-state index is -0.744. The molecule has 3 aromatic rings. The van der Waals surface area contributed by atoms with Crippen molar-refractivity contribution in [3.05, 3.63) is 84.4 Å². The number of ether oxygens (including phenoxy) is 1. The third-order valence-corrected chi connectivity index (χ3v) is 4.33. The van der Waals surface area contributed by atoms with Gasteiger partial charge in [0.1, 0.15) is 12.3 Å². The minimum Gasteiger partial charge on any atom is -0.456 e. The number of esters is 1. The average molecular weight is 418 g/mol. The van der Waals surface area contributed by atoms with E-state index in [0.717, 1.165) is 11.8 Å². The number of aromatic nitrogens is 2. The lowest BCUT2D eigenvalue weighted by Gasteiger charge is -2.08. The number of nitro benzene ring substituents is 1. The molecular weight excluding hydrogens is 406 g/mol. The molecule has 0 saturated heterocycles. The molecule has 3 rings (SSSR count). The normalized spacial score (nSPS) is 10.7. The number of nitrogens with zero attached hydrogens (tertiary/aromatic N) is 3. The highest BCUT2D eigenvalue weighted by Gasteiger charge is 2.17. The lowest BCUT2D eigenvalue weighted by molar-refractivity contribution is -0.385. The molecule has 0 unspecified atom stereocenters. The highest BCUT2D eigenvalue weighted by molar-refractivity contribution is 9.10. The molecule has 0 aliphatic carbocycles. The summed E-state index contributed by atoms with van der Waals surface area (Å²) in [6, 6.07) is 10.5. The lowest BCUT2D eigenvalue weighted by atomic mass is 10.2. The highest BCUT2D eigenvalue weighted by atomic mass is 79.9. The van der Waals surface area contributed by atoms with Gasteiger partial charge in [0, 0.05) is 17.8 Å². The van der Waals surface area contributed by atoms with E-state index < -0.39 is 10.9 Å². The summed E-state index contributed by atoms with van der Waals surface area (Å²) in [6.45, 7) is 1.57. The van der Waals surface area contributed by atoms with E-state index in [1.54, 1.807) is 25.1 Å². The first-order valence-electron chi connectivity index (χ1n) is 7.46. The Morgan fingerprint density at radius 2 is 2.08 bits per heavy atom. The number of halogens is 1. The number of carbonyl (C=O) groups excluding carboxylic acids is 1. The maximum absolute atomic E-state index is 12.2. The van der Waals surface area contributed by atoms with Crippen molar-refractivity contribution in [2.45, 2.75) is 13.5 Å². The highest BCUT2D eigenvalue weighted by Crippen LogP contribution is 2.26. The third kappa shape index (κ3) is 3.47. The zero-order chi connectivity index (χ0) is 18.8. The third-order valence-electron chi connectivity index (χ3n) is 3.66. The van der Waals surface area contributed by atoms with Gasteiger partial charge in [0.05, 0.1) is 20.7 Å². The number of carbonyl (C=O) groups is 1. The standard InChI is InChI=1S/C17H12BrN3O5/c1-10-3-2-4-15-19-12(8-16(22)20(10)15)9-26-17(23)11-5-6-13(18)14(7-11)21(24)25/h2-8H,9H2,1H3. The molecule has 0 fully saturated rings. The summed E-state index contributed by atoms with van der Waals surface area (Å²) in [5, 5.41) is 10.9. The molecule has 0 N–H and O–H groups in total. The fraction of sp³-hybridized carbons (Fsp3) is 0.118. The second-order valence-electron chi connectivity index (χ2n) is 5.45. The summed E-state index contributed by atoms with van der Waals surface area (Å²) in [6.07, 6.45) is 0. The summed E-state index contributed by atoms with van der Waals surface area (Å²) in [5.74, 6) is -0.744. The van der Waals surface area contributed by atoms with Crippen LogP contribution in [0.4, 0.5) is 5.69 Å². The van der Waals surface area contributed by atoms with Gasteiger partial charge in [0.15, 0.2) is 0 Å². The van der Waals surface area contributed by atoms with Crippen molar-refractivity contribution in [3.8, 4) is 0 Å². The zero-order valence-electron chi connectivity index (χ0n) is 13.5. The Morgan fingerprint density at radius 1 is 1.31 bits per heavy atom. The van der Waals surface area contributed by atoms with E-state index >= 15 is 0 Å². The monoisotopic (exact) mass is 417 g/mol. The Bertz CT molecular complexity index is 1090. The van der Waals surface area contributed by atoms with Crippen LogP contribution in [-0.2, 0) is 11.3 Å². The van der Waals surface area contributed by atoms with Gasteiger partial charge in [-0.2, -0.15) is 0 Å². The van der Waals surface area contributed by atoms with Crippen molar-refractivity contribution >= 4 is 33.2 Å². The molecule has 0 amide bonds. The molecule has 0 bridgehead atoms. The molecular formula is C17H12BrN3O5. The van der Waals surface area contributed by atoms with Gasteiger partial charge in [0.25, 0.3) is 11.2 Å². The Labute approximate surface area is 155 Å². The van der Waals surface area contributed by atoms with Crippen LogP contribution in [0.1, 0.15) is 21.7 Å². The lowest BCUT2D eigenvalue weighted by Crippen LogP contribution is -2.18. The second kappa shape index (κ2) is 7.04. The van der Waals surface area contributed by atoms with Crippen LogP contribution < -0.4 is 5.56 Å². The van der Waals surface area contributed by atoms with E-state index in [0.29, 0.717) is 11.3 Å². The van der Waals surface area contributed by atoms with Gasteiger partial charge < -0.3 is 4.74 Å². The van der Waals surface area contributed by atoms with Crippen molar-refractivity contribution in [1.82, 2.24) is 9.38 Å². The molecule has 0 aliphatic rings. The van der Waals surface area contributed by atoms with Gasteiger partial charge in [0.2, 0.25) is 0 Å². The maximum atomic E-state index is 12.2. The van der Waals surface area contributed by atoms with Crippen molar-refractivity contribution in [1.29, 1.82) is 0 Å². The Kier molecular flexibility index (Phi) is 4.81. The summed E-state index contributed by atoms with van der Waals surface area (Å²) in [4.78, 5) is 39.0. The molecule has 26 heavy (non-hydrogen) atoms. The van der Waals surface area contributed by atoms with Crippen LogP contribution in [0.2, 0.25) is 0 Å². The molecule has 0 radical (unpaired) electrons. The number of rotatable bonds is 4. The Morgan fingerprint density at radius 3 is 2.81 bits per heavy atom. The van der Waals surface area contributed by atoms with E-state index in [4.69, 9.17) is 4.74 Å². The van der Waals surface area contributed by atoms with Gasteiger partial charge in [-0.1, -0.05) is 6.07 Å². The van der Waals surface area contributed by atoms with E-state index in [-0.39, 0.29) is 27.9 Å². The van der Waals surface area contributed by atoms with Gasteiger partial charge in [-0.05, 0) is 47.1 Å². The molecule has 8 nitrogen and oxygen atoms in total. The van der Waals surface area contributed by atoms with Crippen LogP contribution in [0, 0.1) is 17.0 Å². The predicted molar refractivity (Wildman–Crippen MR) is 96.1 cm³/mol. The molecule has 1 aromatic carbocycles. The second-order valence-corrected chi connectivity index (χ2v) is 6.30. The Balaban J connectivity index is 1.82. The predicted octanol–water partition coefficient (Wildman–Crippen LogP) is 3.03. The van der Waals surface area contributed by atoms with Gasteiger partial charge in [-0.15, -0.1) is 0 Å². The number of hydrogen-bond donors (Lipinski definition) is 0. The first-order chi connectivity index (χ1) is 12.4. The van der Waals surface area contributed by atoms with Crippen molar-refractivity contribution in [2.75, 3.05) is 0 Å². The van der Waals surface area contributed by atoms with E-state index in [1.165, 1.54) is 22.6 Å². The van der Waals surface area contributed by atoms with Crippen molar-refractivity contribution < 1.29 is 14.5 Å². The molecule has 0 saturated carbocycles. The van der Waals surface area contributed by atoms with Crippen LogP contribution >= 0.6 is 15.9 Å². The topological polar surface area (TPSA) is 104 Å². The van der Waals surface area contributed by atoms with Crippen molar-refractivity contribution in [3.63, 3.8) is 0 Å². The first-order valence-corrected chi connectivity index (χ1v) is 8.25. The number of pyridine rings is 1. The summed E-state index contributed by atoms with van der Waals surface area (Å²) in [7, 11) is 0. The average Bonchev–Trinajstić information content (AvgIpc) is 2.59. The van der Waals surface area contributed by atoms with Crippen LogP contribution in [0.15, 0.2) is 51.7 Å². The van der Waals surface area contributed by atoms with Gasteiger partial charge in [-0.25, -0.2) is 9.78 Å². The summed E-state index contributed by atoms with van der Waals surface area (Å²) >= 11 is 3.05. The van der Waals surface area contributed by atoms with Crippen molar-refractivity contribution in [2.24, 2.45) is 0 Å². The fourth-order valence-electron chi connectivity index (χ4n) is 2.44. The molecule has 132 valence electrons. The maximum Gasteiger partial charge on any atom is 0.338 e. The minimum absolute atomic E-state index is 0.0354. The largest absolute Gasteiger partial charge is 0.456 e. The molecule has 0 spiro atoms. The smallest absolute Gasteiger partial charge is 0.338 e. The van der Waals surface area contributed by atoms with Crippen LogP contribution in [0.25, 0.3) is 5.65 Å². The van der Waals surface area contributed by atoms with Crippen LogP contribution in [0.3, 0.4) is 0 Å². The number of fused-ring (bicyclic) bond motifs is 1. The molecule has 0 atom stereocenters. The zero-order valence-corrected chi connectivity index (χ0v) is 15.1. The van der Waals surface area contributed by atoms with Gasteiger partial charge in [-0.3, -0.25) is 19.3 Å². The summed E-state index contributed by atoms with van der Waals surface area (Å²) in [5.41, 5.74) is 0.998. The molecule has 0 aliphatic heterocycles. The molecule has 2 heterocycles. The first kappa shape index (κ1) is 17.7. The van der Waals surface area contributed by atoms with E-state index in [2.05, 4.69) is 20.9 Å². The Hall–Kier alpha value is -3.07.